The minimum Gasteiger partial charge on any atom is -0.394 e. The van der Waals surface area contributed by atoms with Gasteiger partial charge in [0, 0.05) is 0 Å². The minimum atomic E-state index is 0.0648. The number of halogens is 2. The highest BCUT2D eigenvalue weighted by atomic mass is 79.9. The average molecular weight is 204 g/mol. The van der Waals surface area contributed by atoms with Gasteiger partial charge in [0.2, 0.25) is 0 Å². The molecule has 1 nitrogen and oxygen atoms in total. The van der Waals surface area contributed by atoms with Crippen LogP contribution in [-0.2, 0) is 0 Å². The third-order valence-electron chi connectivity index (χ3n) is 0.138. The molecule has 0 aromatic heterocycles. The molecule has 0 saturated heterocycles. The third kappa shape index (κ3) is 4.92. The summed E-state index contributed by atoms with van der Waals surface area (Å²) in [6.07, 6.45) is 0. The zero-order chi connectivity index (χ0) is 4.28. The van der Waals surface area contributed by atoms with E-state index in [4.69, 9.17) is 5.11 Å². The van der Waals surface area contributed by atoms with Crippen molar-refractivity contribution in [3.05, 3.63) is 0 Å². The van der Waals surface area contributed by atoms with Crippen molar-refractivity contribution in [2.75, 3.05) is 6.61 Å². The summed E-state index contributed by atoms with van der Waals surface area (Å²) in [5, 5.41) is 8.05. The van der Waals surface area contributed by atoms with Gasteiger partial charge in [-0.1, -0.05) is 31.9 Å². The van der Waals surface area contributed by atoms with Crippen LogP contribution < -0.4 is 0 Å². The predicted molar refractivity (Wildman–Crippen MR) is 28.7 cm³/mol. The standard InChI is InChI=1S/C2H4Br2O/c3-2(4)1-5/h2,5H,1H2. The highest BCUT2D eigenvalue weighted by molar-refractivity contribution is 9.24. The number of aliphatic hydroxyl groups is 1. The molecule has 1 N–H and O–H groups in total. The number of rotatable bonds is 1. The Bertz CT molecular complexity index is 21.6. The second-order valence-electron chi connectivity index (χ2n) is 0.574. The van der Waals surface area contributed by atoms with Crippen LogP contribution in [0, 0.1) is 0 Å². The van der Waals surface area contributed by atoms with Gasteiger partial charge in [0.05, 0.1) is 10.3 Å². The molecule has 0 fully saturated rings. The molecule has 0 unspecified atom stereocenters. The molecule has 0 aliphatic carbocycles. The van der Waals surface area contributed by atoms with Crippen LogP contribution in [0.5, 0.6) is 0 Å². The molecule has 0 rings (SSSR count). The molecular formula is C2H4Br2O. The van der Waals surface area contributed by atoms with Gasteiger partial charge in [-0.15, -0.1) is 0 Å². The van der Waals surface area contributed by atoms with E-state index in [1.165, 1.54) is 0 Å². The fourth-order valence-electron chi connectivity index (χ4n) is 0. The largest absolute Gasteiger partial charge is 0.394 e. The first-order valence-corrected chi connectivity index (χ1v) is 2.99. The first kappa shape index (κ1) is 5.92. The zero-order valence-electron chi connectivity index (χ0n) is 2.49. The van der Waals surface area contributed by atoms with Crippen molar-refractivity contribution < 1.29 is 5.11 Å². The molecule has 0 radical (unpaired) electrons. The van der Waals surface area contributed by atoms with Crippen molar-refractivity contribution in [2.45, 2.75) is 3.74 Å². The van der Waals surface area contributed by atoms with Crippen LogP contribution in [0.25, 0.3) is 0 Å². The van der Waals surface area contributed by atoms with Gasteiger partial charge >= 0.3 is 0 Å². The Balaban J connectivity index is 2.54. The number of hydrogen-bond donors (Lipinski definition) is 1. The molecule has 0 amide bonds. The average Bonchev–Trinajstić information content (AvgIpc) is 1.38. The summed E-state index contributed by atoms with van der Waals surface area (Å²) in [7, 11) is 0. The Labute approximate surface area is 47.6 Å². The van der Waals surface area contributed by atoms with Crippen LogP contribution in [0.15, 0.2) is 0 Å². The van der Waals surface area contributed by atoms with Gasteiger partial charge in [0.1, 0.15) is 0 Å². The minimum absolute atomic E-state index is 0.0648. The fourth-order valence-corrected chi connectivity index (χ4v) is 0. The van der Waals surface area contributed by atoms with Crippen molar-refractivity contribution in [1.82, 2.24) is 0 Å². The van der Waals surface area contributed by atoms with Gasteiger partial charge in [-0.2, -0.15) is 0 Å². The highest BCUT2D eigenvalue weighted by Gasteiger charge is 1.86. The van der Waals surface area contributed by atoms with Crippen molar-refractivity contribution >= 4 is 31.9 Å². The molecule has 0 heterocycles. The Hall–Kier alpha value is 0.920. The maximum Gasteiger partial charge on any atom is 0.0927 e. The molecule has 0 aromatic carbocycles. The van der Waals surface area contributed by atoms with Gasteiger partial charge in [-0.3, -0.25) is 0 Å². The Morgan fingerprint density at radius 1 is 1.60 bits per heavy atom. The summed E-state index contributed by atoms with van der Waals surface area (Å²) in [4.78, 5) is 0. The monoisotopic (exact) mass is 202 g/mol. The lowest BCUT2D eigenvalue weighted by Crippen LogP contribution is -1.88. The van der Waals surface area contributed by atoms with Crippen LogP contribution in [0.2, 0.25) is 0 Å². The van der Waals surface area contributed by atoms with Gasteiger partial charge in [0.15, 0.2) is 0 Å². The van der Waals surface area contributed by atoms with E-state index in [1.54, 1.807) is 0 Å². The molecule has 0 atom stereocenters. The summed E-state index contributed by atoms with van der Waals surface area (Å²) in [6, 6.07) is 0. The van der Waals surface area contributed by atoms with E-state index in [2.05, 4.69) is 31.9 Å². The van der Waals surface area contributed by atoms with Crippen LogP contribution in [0.4, 0.5) is 0 Å². The summed E-state index contributed by atoms with van der Waals surface area (Å²) in [6.45, 7) is 0.139. The number of aliphatic hydroxyl groups excluding tert-OH is 1. The molecular weight excluding hydrogens is 200 g/mol. The predicted octanol–water partition coefficient (Wildman–Crippen LogP) is 1.09. The van der Waals surface area contributed by atoms with Crippen LogP contribution in [-0.4, -0.2) is 15.4 Å². The summed E-state index contributed by atoms with van der Waals surface area (Å²) < 4.78 is 0.0648. The van der Waals surface area contributed by atoms with Crippen molar-refractivity contribution in [3.63, 3.8) is 0 Å². The van der Waals surface area contributed by atoms with E-state index in [-0.39, 0.29) is 10.3 Å². The van der Waals surface area contributed by atoms with Gasteiger partial charge in [0.25, 0.3) is 0 Å². The van der Waals surface area contributed by atoms with E-state index in [0.29, 0.717) is 0 Å². The first-order chi connectivity index (χ1) is 2.27. The van der Waals surface area contributed by atoms with Gasteiger partial charge < -0.3 is 5.11 Å². The molecule has 0 aliphatic heterocycles. The third-order valence-corrected chi connectivity index (χ3v) is 0.717. The molecule has 32 valence electrons. The van der Waals surface area contributed by atoms with Crippen molar-refractivity contribution in [3.8, 4) is 0 Å². The Kier molecular flexibility index (Phi) is 3.70. The second kappa shape index (κ2) is 3.12. The zero-order valence-corrected chi connectivity index (χ0v) is 5.66. The van der Waals surface area contributed by atoms with E-state index in [0.717, 1.165) is 0 Å². The molecule has 0 saturated carbocycles. The first-order valence-electron chi connectivity index (χ1n) is 1.16. The SMILES string of the molecule is OCC(Br)Br. The smallest absolute Gasteiger partial charge is 0.0927 e. The normalized spacial score (nSPS) is 9.60. The van der Waals surface area contributed by atoms with Gasteiger partial charge in [-0.25, -0.2) is 0 Å². The lowest BCUT2D eigenvalue weighted by atomic mass is 10.9. The summed E-state index contributed by atoms with van der Waals surface area (Å²) in [5.74, 6) is 0. The summed E-state index contributed by atoms with van der Waals surface area (Å²) in [5.41, 5.74) is 0. The maximum atomic E-state index is 8.05. The number of hydrogen-bond acceptors (Lipinski definition) is 1. The summed E-state index contributed by atoms with van der Waals surface area (Å²) >= 11 is 6.08. The maximum absolute atomic E-state index is 8.05. The van der Waals surface area contributed by atoms with Crippen molar-refractivity contribution in [1.29, 1.82) is 0 Å². The fraction of sp³-hybridized carbons (Fsp3) is 1.00. The molecule has 0 bridgehead atoms. The van der Waals surface area contributed by atoms with E-state index in [1.807, 2.05) is 0 Å². The molecule has 0 spiro atoms. The van der Waals surface area contributed by atoms with Crippen molar-refractivity contribution in [2.24, 2.45) is 0 Å². The van der Waals surface area contributed by atoms with Crippen LogP contribution in [0.1, 0.15) is 0 Å². The topological polar surface area (TPSA) is 20.2 Å². The quantitative estimate of drug-likeness (QED) is 0.633. The molecule has 3 heteroatoms. The van der Waals surface area contributed by atoms with Gasteiger partial charge in [-0.05, 0) is 0 Å². The molecule has 0 aromatic rings. The molecule has 0 aliphatic rings. The molecule has 5 heavy (non-hydrogen) atoms. The van der Waals surface area contributed by atoms with Crippen LogP contribution >= 0.6 is 31.9 Å². The van der Waals surface area contributed by atoms with Crippen LogP contribution in [0.3, 0.4) is 0 Å². The van der Waals surface area contributed by atoms with E-state index in [9.17, 15) is 0 Å². The Morgan fingerprint density at radius 3 is 1.80 bits per heavy atom. The lowest BCUT2D eigenvalue weighted by Gasteiger charge is -1.85. The second-order valence-corrected chi connectivity index (χ2v) is 4.01. The van der Waals surface area contributed by atoms with E-state index >= 15 is 0 Å². The van der Waals surface area contributed by atoms with E-state index < -0.39 is 0 Å². The lowest BCUT2D eigenvalue weighted by molar-refractivity contribution is 0.318. The highest BCUT2D eigenvalue weighted by Crippen LogP contribution is 2.03. The Morgan fingerprint density at radius 2 is 1.80 bits per heavy atom. The number of alkyl halides is 2.